The number of anilines is 1. The highest BCUT2D eigenvalue weighted by Crippen LogP contribution is 2.18. The Balaban J connectivity index is 1.70. The molecule has 0 amide bonds. The fraction of sp³-hybridized carbons (Fsp3) is 0.583. The topological polar surface area (TPSA) is 89.7 Å². The molecule has 3 heterocycles. The SMILES string of the molecule is Nc1nc(CCC2CCCCO2)nc2nc[nH]c12. The van der Waals surface area contributed by atoms with Crippen LogP contribution in [-0.2, 0) is 11.2 Å². The van der Waals surface area contributed by atoms with Crippen LogP contribution in [0.25, 0.3) is 11.2 Å². The molecule has 3 N–H and O–H groups in total. The molecule has 6 heteroatoms. The summed E-state index contributed by atoms with van der Waals surface area (Å²) in [6, 6.07) is 0. The largest absolute Gasteiger partial charge is 0.382 e. The van der Waals surface area contributed by atoms with Crippen LogP contribution in [0.1, 0.15) is 31.5 Å². The van der Waals surface area contributed by atoms with E-state index in [2.05, 4.69) is 19.9 Å². The van der Waals surface area contributed by atoms with E-state index in [0.29, 0.717) is 23.1 Å². The van der Waals surface area contributed by atoms with E-state index < -0.39 is 0 Å². The van der Waals surface area contributed by atoms with Crippen molar-refractivity contribution in [2.75, 3.05) is 12.3 Å². The zero-order valence-corrected chi connectivity index (χ0v) is 10.2. The molecule has 3 rings (SSSR count). The average Bonchev–Trinajstić information content (AvgIpc) is 2.86. The molecule has 6 nitrogen and oxygen atoms in total. The summed E-state index contributed by atoms with van der Waals surface area (Å²) in [7, 11) is 0. The quantitative estimate of drug-likeness (QED) is 0.856. The number of hydrogen-bond donors (Lipinski definition) is 2. The summed E-state index contributed by atoms with van der Waals surface area (Å²) in [5, 5.41) is 0. The first-order chi connectivity index (χ1) is 8.83. The first-order valence-corrected chi connectivity index (χ1v) is 6.40. The Hall–Kier alpha value is -1.69. The molecule has 0 radical (unpaired) electrons. The highest BCUT2D eigenvalue weighted by atomic mass is 16.5. The van der Waals surface area contributed by atoms with Crippen molar-refractivity contribution in [1.29, 1.82) is 0 Å². The molecule has 0 aromatic carbocycles. The van der Waals surface area contributed by atoms with Gasteiger partial charge in [0.2, 0.25) is 0 Å². The third-order valence-corrected chi connectivity index (χ3v) is 3.32. The molecule has 1 unspecified atom stereocenters. The van der Waals surface area contributed by atoms with Crippen LogP contribution in [-0.4, -0.2) is 32.6 Å². The van der Waals surface area contributed by atoms with Crippen molar-refractivity contribution in [3.8, 4) is 0 Å². The molecule has 1 aliphatic heterocycles. The highest BCUT2D eigenvalue weighted by Gasteiger charge is 2.15. The van der Waals surface area contributed by atoms with Crippen LogP contribution in [0.5, 0.6) is 0 Å². The van der Waals surface area contributed by atoms with Crippen LogP contribution >= 0.6 is 0 Å². The minimum absolute atomic E-state index is 0.346. The first-order valence-electron chi connectivity index (χ1n) is 6.40. The zero-order chi connectivity index (χ0) is 12.4. The van der Waals surface area contributed by atoms with E-state index in [-0.39, 0.29) is 0 Å². The fourth-order valence-electron chi connectivity index (χ4n) is 2.34. The van der Waals surface area contributed by atoms with Crippen LogP contribution in [0.15, 0.2) is 6.33 Å². The van der Waals surface area contributed by atoms with E-state index >= 15 is 0 Å². The van der Waals surface area contributed by atoms with Crippen LogP contribution in [0, 0.1) is 0 Å². The van der Waals surface area contributed by atoms with Gasteiger partial charge in [-0.2, -0.15) is 0 Å². The summed E-state index contributed by atoms with van der Waals surface area (Å²) in [6.07, 6.45) is 7.25. The van der Waals surface area contributed by atoms with Crippen molar-refractivity contribution < 1.29 is 4.74 Å². The molecule has 0 saturated carbocycles. The van der Waals surface area contributed by atoms with E-state index in [1.807, 2.05) is 0 Å². The number of nitrogens with zero attached hydrogens (tertiary/aromatic N) is 3. The summed E-state index contributed by atoms with van der Waals surface area (Å²) in [6.45, 7) is 0.881. The molecule has 2 aromatic heterocycles. The maximum absolute atomic E-state index is 5.86. The second-order valence-electron chi connectivity index (χ2n) is 4.65. The van der Waals surface area contributed by atoms with Crippen molar-refractivity contribution >= 4 is 17.0 Å². The van der Waals surface area contributed by atoms with Gasteiger partial charge in [0.15, 0.2) is 11.5 Å². The Morgan fingerprint density at radius 1 is 1.39 bits per heavy atom. The molecule has 0 spiro atoms. The summed E-state index contributed by atoms with van der Waals surface area (Å²) in [4.78, 5) is 15.7. The molecule has 1 atom stereocenters. The van der Waals surface area contributed by atoms with Gasteiger partial charge in [0.1, 0.15) is 11.3 Å². The Labute approximate surface area is 105 Å². The van der Waals surface area contributed by atoms with Crippen molar-refractivity contribution in [3.63, 3.8) is 0 Å². The second-order valence-corrected chi connectivity index (χ2v) is 4.65. The first kappa shape index (κ1) is 11.4. The number of aromatic amines is 1. The molecule has 0 aliphatic carbocycles. The summed E-state index contributed by atoms with van der Waals surface area (Å²) < 4.78 is 5.69. The minimum atomic E-state index is 0.346. The normalized spacial score (nSPS) is 20.3. The summed E-state index contributed by atoms with van der Waals surface area (Å²) >= 11 is 0. The van der Waals surface area contributed by atoms with E-state index in [1.54, 1.807) is 6.33 Å². The number of imidazole rings is 1. The van der Waals surface area contributed by atoms with Crippen LogP contribution in [0.3, 0.4) is 0 Å². The third-order valence-electron chi connectivity index (χ3n) is 3.32. The van der Waals surface area contributed by atoms with Gasteiger partial charge in [0.25, 0.3) is 0 Å². The number of hydrogen-bond acceptors (Lipinski definition) is 5. The lowest BCUT2D eigenvalue weighted by atomic mass is 10.0. The van der Waals surface area contributed by atoms with E-state index in [0.717, 1.165) is 31.7 Å². The van der Waals surface area contributed by atoms with Crippen molar-refractivity contribution in [1.82, 2.24) is 19.9 Å². The number of aromatic nitrogens is 4. The van der Waals surface area contributed by atoms with Crippen molar-refractivity contribution in [3.05, 3.63) is 12.2 Å². The van der Waals surface area contributed by atoms with Crippen molar-refractivity contribution in [2.24, 2.45) is 0 Å². The summed E-state index contributed by atoms with van der Waals surface area (Å²) in [5.41, 5.74) is 7.21. The van der Waals surface area contributed by atoms with E-state index in [9.17, 15) is 0 Å². The number of H-pyrrole nitrogens is 1. The van der Waals surface area contributed by atoms with Gasteiger partial charge in [0, 0.05) is 13.0 Å². The fourth-order valence-corrected chi connectivity index (χ4v) is 2.34. The molecule has 18 heavy (non-hydrogen) atoms. The predicted molar refractivity (Wildman–Crippen MR) is 68.0 cm³/mol. The van der Waals surface area contributed by atoms with Gasteiger partial charge in [-0.25, -0.2) is 15.0 Å². The Morgan fingerprint density at radius 3 is 3.17 bits per heavy atom. The van der Waals surface area contributed by atoms with Crippen LogP contribution < -0.4 is 5.73 Å². The zero-order valence-electron chi connectivity index (χ0n) is 10.2. The van der Waals surface area contributed by atoms with Gasteiger partial charge in [-0.3, -0.25) is 0 Å². The molecule has 1 fully saturated rings. The van der Waals surface area contributed by atoms with Gasteiger partial charge >= 0.3 is 0 Å². The van der Waals surface area contributed by atoms with E-state index in [4.69, 9.17) is 10.5 Å². The second kappa shape index (κ2) is 4.89. The van der Waals surface area contributed by atoms with Gasteiger partial charge < -0.3 is 15.5 Å². The average molecular weight is 247 g/mol. The highest BCUT2D eigenvalue weighted by molar-refractivity contribution is 5.80. The van der Waals surface area contributed by atoms with Gasteiger partial charge in [0.05, 0.1) is 12.4 Å². The smallest absolute Gasteiger partial charge is 0.183 e. The lowest BCUT2D eigenvalue weighted by Crippen LogP contribution is -2.20. The molecule has 96 valence electrons. The monoisotopic (exact) mass is 247 g/mol. The lowest BCUT2D eigenvalue weighted by molar-refractivity contribution is 0.0112. The Bertz CT molecular complexity index is 532. The Kier molecular flexibility index (Phi) is 3.10. The molecule has 0 bridgehead atoms. The molecular formula is C12H17N5O. The Morgan fingerprint density at radius 2 is 2.33 bits per heavy atom. The van der Waals surface area contributed by atoms with Crippen molar-refractivity contribution in [2.45, 2.75) is 38.2 Å². The maximum atomic E-state index is 5.86. The van der Waals surface area contributed by atoms with E-state index in [1.165, 1.54) is 12.8 Å². The number of nitrogen functional groups attached to an aromatic ring is 1. The molecule has 2 aromatic rings. The lowest BCUT2D eigenvalue weighted by Gasteiger charge is -2.22. The maximum Gasteiger partial charge on any atom is 0.183 e. The minimum Gasteiger partial charge on any atom is -0.382 e. The van der Waals surface area contributed by atoms with Crippen LogP contribution in [0.2, 0.25) is 0 Å². The van der Waals surface area contributed by atoms with Gasteiger partial charge in [-0.1, -0.05) is 0 Å². The number of nitrogens with one attached hydrogen (secondary N) is 1. The van der Waals surface area contributed by atoms with Crippen LogP contribution in [0.4, 0.5) is 5.82 Å². The molecular weight excluding hydrogens is 230 g/mol. The molecule has 1 saturated heterocycles. The predicted octanol–water partition coefficient (Wildman–Crippen LogP) is 1.44. The number of nitrogens with two attached hydrogens (primary N) is 1. The van der Waals surface area contributed by atoms with Gasteiger partial charge in [-0.15, -0.1) is 0 Å². The number of fused-ring (bicyclic) bond motifs is 1. The number of ether oxygens (including phenoxy) is 1. The molecule has 1 aliphatic rings. The number of rotatable bonds is 3. The number of aryl methyl sites for hydroxylation is 1. The summed E-state index contributed by atoms with van der Waals surface area (Å²) in [5.74, 6) is 1.22. The standard InChI is InChI=1S/C12H17N5O/c13-11-10-12(15-7-14-10)17-9(16-11)5-4-8-3-1-2-6-18-8/h7-8H,1-6H2,(H3,13,14,15,16,17). The van der Waals surface area contributed by atoms with Gasteiger partial charge in [-0.05, 0) is 25.7 Å². The third kappa shape index (κ3) is 2.28.